The van der Waals surface area contributed by atoms with Gasteiger partial charge in [0.15, 0.2) is 0 Å². The first-order valence-corrected chi connectivity index (χ1v) is 8.85. The topological polar surface area (TPSA) is 62.7 Å². The predicted octanol–water partition coefficient (Wildman–Crippen LogP) is 3.41. The predicted molar refractivity (Wildman–Crippen MR) is 98.8 cm³/mol. The number of H-pyrrole nitrogens is 1. The van der Waals surface area contributed by atoms with Crippen LogP contribution in [-0.4, -0.2) is 26.5 Å². The van der Waals surface area contributed by atoms with Gasteiger partial charge in [-0.3, -0.25) is 4.79 Å². The number of imidazole rings is 1. The van der Waals surface area contributed by atoms with Crippen molar-refractivity contribution in [2.24, 2.45) is 0 Å². The van der Waals surface area contributed by atoms with Crippen LogP contribution in [0.3, 0.4) is 0 Å². The normalized spacial score (nSPS) is 17.5. The van der Waals surface area contributed by atoms with Crippen LogP contribution in [0.25, 0.3) is 10.9 Å². The molecule has 2 N–H and O–H groups in total. The summed E-state index contributed by atoms with van der Waals surface area (Å²) in [6.45, 7) is 7.32. The van der Waals surface area contributed by atoms with Crippen molar-refractivity contribution in [2.45, 2.75) is 51.6 Å². The van der Waals surface area contributed by atoms with Crippen molar-refractivity contribution in [2.75, 3.05) is 0 Å². The molecule has 1 aromatic carbocycles. The summed E-state index contributed by atoms with van der Waals surface area (Å²) < 4.78 is 2.20. The van der Waals surface area contributed by atoms with Gasteiger partial charge in [-0.15, -0.1) is 0 Å². The fourth-order valence-electron chi connectivity index (χ4n) is 3.38. The Morgan fingerprint density at radius 2 is 2.16 bits per heavy atom. The lowest BCUT2D eigenvalue weighted by Gasteiger charge is -2.24. The minimum absolute atomic E-state index is 0.0129. The molecule has 0 bridgehead atoms. The molecular formula is C20H24N4O. The van der Waals surface area contributed by atoms with E-state index in [1.807, 2.05) is 30.5 Å². The molecule has 0 fully saturated rings. The molecule has 1 aliphatic heterocycles. The zero-order chi connectivity index (χ0) is 17.6. The summed E-state index contributed by atoms with van der Waals surface area (Å²) in [4.78, 5) is 20.5. The monoisotopic (exact) mass is 336 g/mol. The highest BCUT2D eigenvalue weighted by Crippen LogP contribution is 2.24. The van der Waals surface area contributed by atoms with Gasteiger partial charge in [0.25, 0.3) is 5.91 Å². The summed E-state index contributed by atoms with van der Waals surface area (Å²) in [7, 11) is 0. The van der Waals surface area contributed by atoms with E-state index in [1.165, 1.54) is 0 Å². The maximum atomic E-state index is 12.6. The molecule has 130 valence electrons. The molecule has 1 amide bonds. The second-order valence-corrected chi connectivity index (χ2v) is 7.93. The van der Waals surface area contributed by atoms with Crippen LogP contribution in [0.2, 0.25) is 0 Å². The lowest BCUT2D eigenvalue weighted by molar-refractivity contribution is 0.0927. The maximum Gasteiger partial charge on any atom is 0.251 e. The average molecular weight is 336 g/mol. The summed E-state index contributed by atoms with van der Waals surface area (Å²) in [6.07, 6.45) is 5.85. The van der Waals surface area contributed by atoms with Crippen molar-refractivity contribution < 1.29 is 4.79 Å². The van der Waals surface area contributed by atoms with Crippen LogP contribution in [0.4, 0.5) is 0 Å². The van der Waals surface area contributed by atoms with Gasteiger partial charge in [0, 0.05) is 47.9 Å². The first-order valence-electron chi connectivity index (χ1n) is 8.85. The number of hydrogen-bond acceptors (Lipinski definition) is 2. The summed E-state index contributed by atoms with van der Waals surface area (Å²) in [5.41, 5.74) is 2.85. The molecule has 0 aliphatic carbocycles. The summed E-state index contributed by atoms with van der Waals surface area (Å²) in [6, 6.07) is 7.92. The molecular weight excluding hydrogens is 312 g/mol. The van der Waals surface area contributed by atoms with Crippen molar-refractivity contribution >= 4 is 16.8 Å². The first kappa shape index (κ1) is 15.9. The highest BCUT2D eigenvalue weighted by atomic mass is 16.1. The van der Waals surface area contributed by atoms with Gasteiger partial charge < -0.3 is 14.9 Å². The SMILES string of the molecule is CC(C)(C)c1cn2c(n1)CC[C@H](NC(=O)c1ccc3cc[nH]c3c1)C2. The Labute approximate surface area is 147 Å². The van der Waals surface area contributed by atoms with E-state index in [0.29, 0.717) is 5.56 Å². The first-order chi connectivity index (χ1) is 11.9. The van der Waals surface area contributed by atoms with E-state index in [9.17, 15) is 4.79 Å². The Morgan fingerprint density at radius 3 is 2.96 bits per heavy atom. The summed E-state index contributed by atoms with van der Waals surface area (Å²) >= 11 is 0. The summed E-state index contributed by atoms with van der Waals surface area (Å²) in [5, 5.41) is 4.30. The Balaban J connectivity index is 1.48. The molecule has 1 aliphatic rings. The van der Waals surface area contributed by atoms with Crippen LogP contribution in [0.15, 0.2) is 36.7 Å². The van der Waals surface area contributed by atoms with Crippen LogP contribution in [0, 0.1) is 0 Å². The van der Waals surface area contributed by atoms with E-state index in [1.54, 1.807) is 0 Å². The number of hydrogen-bond donors (Lipinski definition) is 2. The molecule has 0 saturated heterocycles. The van der Waals surface area contributed by atoms with Crippen LogP contribution < -0.4 is 5.32 Å². The highest BCUT2D eigenvalue weighted by Gasteiger charge is 2.25. The number of rotatable bonds is 2. The molecule has 0 spiro atoms. The number of benzene rings is 1. The van der Waals surface area contributed by atoms with Gasteiger partial charge in [0.2, 0.25) is 0 Å². The molecule has 3 aromatic rings. The fourth-order valence-corrected chi connectivity index (χ4v) is 3.38. The van der Waals surface area contributed by atoms with Crippen molar-refractivity contribution in [3.63, 3.8) is 0 Å². The molecule has 1 atom stereocenters. The number of nitrogens with one attached hydrogen (secondary N) is 2. The fraction of sp³-hybridized carbons (Fsp3) is 0.400. The number of nitrogens with zero attached hydrogens (tertiary/aromatic N) is 2. The van der Waals surface area contributed by atoms with E-state index in [-0.39, 0.29) is 17.4 Å². The average Bonchev–Trinajstić information content (AvgIpc) is 3.19. The summed E-state index contributed by atoms with van der Waals surface area (Å²) in [5.74, 6) is 1.12. The Hall–Kier alpha value is -2.56. The van der Waals surface area contributed by atoms with E-state index in [2.05, 4.69) is 41.8 Å². The highest BCUT2D eigenvalue weighted by molar-refractivity contribution is 5.98. The van der Waals surface area contributed by atoms with E-state index < -0.39 is 0 Å². The lowest BCUT2D eigenvalue weighted by Crippen LogP contribution is -2.40. The molecule has 5 heteroatoms. The van der Waals surface area contributed by atoms with Crippen LogP contribution in [-0.2, 0) is 18.4 Å². The third kappa shape index (κ3) is 3.06. The Kier molecular flexibility index (Phi) is 3.67. The van der Waals surface area contributed by atoms with E-state index >= 15 is 0 Å². The second kappa shape index (κ2) is 5.76. The smallest absolute Gasteiger partial charge is 0.251 e. The standard InChI is InChI=1S/C20H24N4O/c1-20(2,3)17-12-24-11-15(6-7-18(24)23-17)22-19(25)14-5-4-13-8-9-21-16(13)10-14/h4-5,8-10,12,15,21H,6-7,11H2,1-3H3,(H,22,25)/t15-/m0/s1. The molecule has 0 saturated carbocycles. The number of carbonyl (C=O) groups is 1. The molecule has 2 aromatic heterocycles. The van der Waals surface area contributed by atoms with Gasteiger partial charge in [-0.1, -0.05) is 26.8 Å². The van der Waals surface area contributed by atoms with Crippen molar-refractivity contribution in [1.82, 2.24) is 19.9 Å². The zero-order valence-electron chi connectivity index (χ0n) is 15.0. The second-order valence-electron chi connectivity index (χ2n) is 7.93. The van der Waals surface area contributed by atoms with Crippen LogP contribution in [0.1, 0.15) is 49.1 Å². The number of amides is 1. The molecule has 3 heterocycles. The van der Waals surface area contributed by atoms with Gasteiger partial charge in [0.05, 0.1) is 5.69 Å². The third-order valence-electron chi connectivity index (χ3n) is 4.91. The molecule has 5 nitrogen and oxygen atoms in total. The largest absolute Gasteiger partial charge is 0.361 e. The van der Waals surface area contributed by atoms with Gasteiger partial charge in [-0.2, -0.15) is 0 Å². The zero-order valence-corrected chi connectivity index (χ0v) is 15.0. The molecule has 4 rings (SSSR count). The number of fused-ring (bicyclic) bond motifs is 2. The number of aromatic nitrogens is 3. The number of aryl methyl sites for hydroxylation is 1. The van der Waals surface area contributed by atoms with Gasteiger partial charge in [-0.25, -0.2) is 4.98 Å². The lowest BCUT2D eigenvalue weighted by atomic mass is 9.93. The van der Waals surface area contributed by atoms with Crippen LogP contribution >= 0.6 is 0 Å². The molecule has 0 unspecified atom stereocenters. The van der Waals surface area contributed by atoms with Gasteiger partial charge >= 0.3 is 0 Å². The van der Waals surface area contributed by atoms with Gasteiger partial charge in [0.1, 0.15) is 5.82 Å². The van der Waals surface area contributed by atoms with E-state index in [4.69, 9.17) is 4.98 Å². The van der Waals surface area contributed by atoms with Crippen molar-refractivity contribution in [1.29, 1.82) is 0 Å². The molecule has 25 heavy (non-hydrogen) atoms. The third-order valence-corrected chi connectivity index (χ3v) is 4.91. The minimum atomic E-state index is -0.0129. The van der Waals surface area contributed by atoms with Crippen molar-refractivity contribution in [3.05, 3.63) is 53.7 Å². The molecule has 0 radical (unpaired) electrons. The maximum absolute atomic E-state index is 12.6. The van der Waals surface area contributed by atoms with Gasteiger partial charge in [-0.05, 0) is 30.0 Å². The minimum Gasteiger partial charge on any atom is -0.361 e. The quantitative estimate of drug-likeness (QED) is 0.753. The number of aromatic amines is 1. The Morgan fingerprint density at radius 1 is 1.32 bits per heavy atom. The Bertz CT molecular complexity index is 929. The van der Waals surface area contributed by atoms with Crippen LogP contribution in [0.5, 0.6) is 0 Å². The number of carbonyl (C=O) groups excluding carboxylic acids is 1. The van der Waals surface area contributed by atoms with E-state index in [0.717, 1.165) is 41.8 Å². The van der Waals surface area contributed by atoms with Crippen molar-refractivity contribution in [3.8, 4) is 0 Å².